The van der Waals surface area contributed by atoms with Gasteiger partial charge in [-0.3, -0.25) is 0 Å². The van der Waals surface area contributed by atoms with E-state index in [1.807, 2.05) is 31.2 Å². The van der Waals surface area contributed by atoms with E-state index in [9.17, 15) is 9.90 Å². The van der Waals surface area contributed by atoms with Crippen molar-refractivity contribution in [3.63, 3.8) is 0 Å². The largest absolute Gasteiger partial charge is 0.545 e. The van der Waals surface area contributed by atoms with Crippen molar-refractivity contribution in [3.05, 3.63) is 71.3 Å². The molecule has 0 aromatic heterocycles. The third kappa shape index (κ3) is 2.68. The van der Waals surface area contributed by atoms with Crippen molar-refractivity contribution in [2.75, 3.05) is 11.9 Å². The van der Waals surface area contributed by atoms with Crippen molar-refractivity contribution in [1.82, 2.24) is 0 Å². The van der Waals surface area contributed by atoms with Crippen LogP contribution in [0.3, 0.4) is 0 Å². The Morgan fingerprint density at radius 3 is 2.76 bits per heavy atom. The van der Waals surface area contributed by atoms with Crippen molar-refractivity contribution < 1.29 is 14.6 Å². The molecule has 0 spiro atoms. The van der Waals surface area contributed by atoms with Crippen molar-refractivity contribution in [2.45, 2.75) is 25.3 Å². The van der Waals surface area contributed by atoms with Crippen LogP contribution in [0, 0.1) is 5.92 Å². The fraction of sp³-hybridized carbons (Fsp3) is 0.286. The fourth-order valence-electron chi connectivity index (χ4n) is 4.03. The van der Waals surface area contributed by atoms with Gasteiger partial charge in [-0.15, -0.1) is 0 Å². The predicted molar refractivity (Wildman–Crippen MR) is 94.7 cm³/mol. The number of nitrogens with one attached hydrogen (secondary N) is 1. The molecule has 0 unspecified atom stereocenters. The Bertz CT molecular complexity index is 826. The zero-order valence-corrected chi connectivity index (χ0v) is 14.1. The molecule has 2 aromatic rings. The lowest BCUT2D eigenvalue weighted by Gasteiger charge is -2.38. The number of hydrogen-bond donors (Lipinski definition) is 1. The van der Waals surface area contributed by atoms with Crippen LogP contribution in [0.4, 0.5) is 5.69 Å². The molecule has 4 nitrogen and oxygen atoms in total. The van der Waals surface area contributed by atoms with Gasteiger partial charge in [0.2, 0.25) is 0 Å². The number of carboxylic acids is 1. The molecule has 1 aliphatic heterocycles. The SMILES string of the molecule is CCOc1cccc2c1N[C@H](c1ccc(C(=O)[O-])cc1)[C@@H]1CC=C[C@H]21. The van der Waals surface area contributed by atoms with E-state index < -0.39 is 5.97 Å². The van der Waals surface area contributed by atoms with Crippen LogP contribution in [0.2, 0.25) is 0 Å². The van der Waals surface area contributed by atoms with Gasteiger partial charge in [-0.2, -0.15) is 0 Å². The molecule has 1 aliphatic carbocycles. The number of benzene rings is 2. The Kier molecular flexibility index (Phi) is 3.96. The second-order valence-corrected chi connectivity index (χ2v) is 6.54. The maximum atomic E-state index is 11.0. The second kappa shape index (κ2) is 6.28. The monoisotopic (exact) mass is 334 g/mol. The normalized spacial score (nSPS) is 23.5. The fourth-order valence-corrected chi connectivity index (χ4v) is 4.03. The number of para-hydroxylation sites is 1. The van der Waals surface area contributed by atoms with Gasteiger partial charge in [0.05, 0.1) is 24.3 Å². The van der Waals surface area contributed by atoms with Crippen LogP contribution < -0.4 is 15.2 Å². The Hall–Kier alpha value is -2.75. The minimum atomic E-state index is -1.15. The van der Waals surface area contributed by atoms with Crippen LogP contribution >= 0.6 is 0 Å². The van der Waals surface area contributed by atoms with Crippen LogP contribution in [0.1, 0.15) is 46.8 Å². The molecule has 128 valence electrons. The maximum absolute atomic E-state index is 11.0. The highest BCUT2D eigenvalue weighted by atomic mass is 16.5. The average Bonchev–Trinajstić information content (AvgIpc) is 3.12. The first-order valence-electron chi connectivity index (χ1n) is 8.69. The summed E-state index contributed by atoms with van der Waals surface area (Å²) in [6.45, 7) is 2.60. The lowest BCUT2D eigenvalue weighted by Crippen LogP contribution is -2.29. The molecule has 0 fully saturated rings. The third-order valence-electron chi connectivity index (χ3n) is 5.16. The minimum Gasteiger partial charge on any atom is -0.545 e. The summed E-state index contributed by atoms with van der Waals surface area (Å²) in [4.78, 5) is 11.0. The van der Waals surface area contributed by atoms with Gasteiger partial charge in [0.1, 0.15) is 5.75 Å². The highest BCUT2D eigenvalue weighted by molar-refractivity contribution is 5.85. The summed E-state index contributed by atoms with van der Waals surface area (Å²) in [5.41, 5.74) is 3.61. The smallest absolute Gasteiger partial charge is 0.142 e. The molecule has 0 saturated carbocycles. The van der Waals surface area contributed by atoms with E-state index in [2.05, 4.69) is 23.5 Å². The highest BCUT2D eigenvalue weighted by Crippen LogP contribution is 2.52. The summed E-state index contributed by atoms with van der Waals surface area (Å²) in [6, 6.07) is 13.3. The van der Waals surface area contributed by atoms with Crippen molar-refractivity contribution >= 4 is 11.7 Å². The molecule has 25 heavy (non-hydrogen) atoms. The molecule has 0 radical (unpaired) electrons. The molecule has 1 heterocycles. The van der Waals surface area contributed by atoms with E-state index in [1.54, 1.807) is 12.1 Å². The van der Waals surface area contributed by atoms with Crippen LogP contribution in [-0.2, 0) is 0 Å². The molecule has 1 N–H and O–H groups in total. The summed E-state index contributed by atoms with van der Waals surface area (Å²) in [5.74, 6) is 0.489. The lowest BCUT2D eigenvalue weighted by molar-refractivity contribution is -0.255. The quantitative estimate of drug-likeness (QED) is 0.872. The molecular weight excluding hydrogens is 314 g/mol. The van der Waals surface area contributed by atoms with Crippen molar-refractivity contribution in [1.29, 1.82) is 0 Å². The van der Waals surface area contributed by atoms with Crippen molar-refractivity contribution in [3.8, 4) is 5.75 Å². The zero-order valence-electron chi connectivity index (χ0n) is 14.1. The van der Waals surface area contributed by atoms with Gasteiger partial charge < -0.3 is 20.0 Å². The Balaban J connectivity index is 1.74. The van der Waals surface area contributed by atoms with E-state index in [-0.39, 0.29) is 11.6 Å². The van der Waals surface area contributed by atoms with Crippen molar-refractivity contribution in [2.24, 2.45) is 5.92 Å². The van der Waals surface area contributed by atoms with E-state index in [0.29, 0.717) is 18.4 Å². The van der Waals surface area contributed by atoms with Crippen LogP contribution in [-0.4, -0.2) is 12.6 Å². The number of fused-ring (bicyclic) bond motifs is 3. The van der Waals surface area contributed by atoms with Gasteiger partial charge in [0.25, 0.3) is 0 Å². The Labute approximate surface area is 147 Å². The molecule has 4 heteroatoms. The summed E-state index contributed by atoms with van der Waals surface area (Å²) < 4.78 is 5.81. The molecule has 0 bridgehead atoms. The first kappa shape index (κ1) is 15.8. The number of hydrogen-bond acceptors (Lipinski definition) is 4. The predicted octanol–water partition coefficient (Wildman–Crippen LogP) is 3.28. The first-order chi connectivity index (χ1) is 12.2. The molecule has 3 atom stereocenters. The minimum absolute atomic E-state index is 0.116. The molecular formula is C21H20NO3-. The average molecular weight is 334 g/mol. The topological polar surface area (TPSA) is 61.4 Å². The number of aromatic carboxylic acids is 1. The van der Waals surface area contributed by atoms with Crippen LogP contribution in [0.15, 0.2) is 54.6 Å². The maximum Gasteiger partial charge on any atom is 0.142 e. The highest BCUT2D eigenvalue weighted by Gasteiger charge is 2.38. The second-order valence-electron chi connectivity index (χ2n) is 6.54. The number of allylic oxidation sites excluding steroid dienone is 2. The van der Waals surface area contributed by atoms with E-state index in [1.165, 1.54) is 5.56 Å². The van der Waals surface area contributed by atoms with Crippen LogP contribution in [0.25, 0.3) is 0 Å². The number of carboxylic acid groups (broad SMARTS) is 1. The van der Waals surface area contributed by atoms with Gasteiger partial charge in [0.15, 0.2) is 0 Å². The Morgan fingerprint density at radius 2 is 2.04 bits per heavy atom. The lowest BCUT2D eigenvalue weighted by atomic mass is 9.77. The number of carbonyl (C=O) groups excluding carboxylic acids is 1. The first-order valence-corrected chi connectivity index (χ1v) is 8.69. The molecule has 2 aliphatic rings. The third-order valence-corrected chi connectivity index (χ3v) is 5.16. The number of ether oxygens (including phenoxy) is 1. The van der Waals surface area contributed by atoms with Gasteiger partial charge in [-0.05, 0) is 42.0 Å². The van der Waals surface area contributed by atoms with E-state index in [0.717, 1.165) is 23.4 Å². The van der Waals surface area contributed by atoms with Gasteiger partial charge in [-0.1, -0.05) is 48.6 Å². The number of anilines is 1. The molecule has 0 saturated heterocycles. The molecule has 0 amide bonds. The standard InChI is InChI=1S/C21H21NO3/c1-2-25-18-8-4-7-17-15-5-3-6-16(15)19(22-20(17)18)13-9-11-14(12-10-13)21(23)24/h3-5,7-12,15-16,19,22H,2,6H2,1H3,(H,23,24)/p-1/t15-,16+,19+/m0/s1. The molecule has 4 rings (SSSR count). The van der Waals surface area contributed by atoms with Gasteiger partial charge in [0, 0.05) is 5.92 Å². The van der Waals surface area contributed by atoms with Crippen LogP contribution in [0.5, 0.6) is 5.75 Å². The molecule has 2 aromatic carbocycles. The number of rotatable bonds is 4. The summed E-state index contributed by atoms with van der Waals surface area (Å²) in [5, 5.41) is 14.7. The van der Waals surface area contributed by atoms with Gasteiger partial charge in [-0.25, -0.2) is 0 Å². The number of carbonyl (C=O) groups is 1. The summed E-state index contributed by atoms with van der Waals surface area (Å²) >= 11 is 0. The Morgan fingerprint density at radius 1 is 1.24 bits per heavy atom. The van der Waals surface area contributed by atoms with Gasteiger partial charge >= 0.3 is 0 Å². The summed E-state index contributed by atoms with van der Waals surface area (Å²) in [7, 11) is 0. The van der Waals surface area contributed by atoms with E-state index >= 15 is 0 Å². The van der Waals surface area contributed by atoms with E-state index in [4.69, 9.17) is 4.74 Å². The zero-order chi connectivity index (χ0) is 17.4. The summed E-state index contributed by atoms with van der Waals surface area (Å²) in [6.07, 6.45) is 5.52.